The van der Waals surface area contributed by atoms with Crippen molar-refractivity contribution >= 4 is 34.7 Å². The highest BCUT2D eigenvalue weighted by atomic mass is 16.6. The average molecular weight is 660 g/mol. The lowest BCUT2D eigenvalue weighted by Gasteiger charge is -2.28. The van der Waals surface area contributed by atoms with Crippen LogP contribution in [-0.4, -0.2) is 62.0 Å². The molecule has 8 heteroatoms. The quantitative estimate of drug-likeness (QED) is 0.105. The molecule has 0 aliphatic heterocycles. The highest BCUT2D eigenvalue weighted by molar-refractivity contribution is 5.89. The zero-order valence-corrected chi connectivity index (χ0v) is 29.5. The third-order valence-corrected chi connectivity index (χ3v) is 7.77. The Morgan fingerprint density at radius 1 is 0.833 bits per heavy atom. The maximum atomic E-state index is 13.5. The Morgan fingerprint density at radius 2 is 1.60 bits per heavy atom. The number of ether oxygens (including phenoxy) is 4. The fourth-order valence-corrected chi connectivity index (χ4v) is 5.14. The highest BCUT2D eigenvalue weighted by Crippen LogP contribution is 2.18. The number of unbranched alkanes of at least 4 members (excludes halogenated alkanes) is 3. The van der Waals surface area contributed by atoms with Crippen LogP contribution in [0.1, 0.15) is 82.1 Å². The summed E-state index contributed by atoms with van der Waals surface area (Å²) in [6, 6.07) is 21.2. The lowest BCUT2D eigenvalue weighted by Crippen LogP contribution is -2.51. The van der Waals surface area contributed by atoms with Gasteiger partial charge in [0.05, 0.1) is 6.61 Å². The second kappa shape index (κ2) is 19.7. The van der Waals surface area contributed by atoms with E-state index in [-0.39, 0.29) is 13.2 Å². The zero-order valence-electron chi connectivity index (χ0n) is 29.5. The van der Waals surface area contributed by atoms with E-state index in [0.29, 0.717) is 19.4 Å². The van der Waals surface area contributed by atoms with Gasteiger partial charge in [-0.05, 0) is 107 Å². The van der Waals surface area contributed by atoms with E-state index in [0.717, 1.165) is 31.2 Å². The van der Waals surface area contributed by atoms with Gasteiger partial charge in [0.25, 0.3) is 5.91 Å². The molecule has 260 valence electrons. The van der Waals surface area contributed by atoms with Crippen molar-refractivity contribution in [3.8, 4) is 0 Å². The van der Waals surface area contributed by atoms with Gasteiger partial charge in [-0.25, -0.2) is 9.59 Å². The zero-order chi connectivity index (χ0) is 34.9. The molecule has 2 atom stereocenters. The van der Waals surface area contributed by atoms with E-state index in [1.54, 1.807) is 27.7 Å². The van der Waals surface area contributed by atoms with E-state index in [9.17, 15) is 14.4 Å². The SMILES string of the molecule is CCOC(=O)CO[C@@H](C(=O)OC(C)(C)C)[C@@H](OCCCC=Cc1ccc(C)c(C)c1)C(=O)NCCCCCc1ccc2ccccc2c1. The van der Waals surface area contributed by atoms with Gasteiger partial charge in [0, 0.05) is 13.2 Å². The number of rotatable bonds is 19. The van der Waals surface area contributed by atoms with Gasteiger partial charge in [-0.15, -0.1) is 0 Å². The first-order chi connectivity index (χ1) is 23.0. The summed E-state index contributed by atoms with van der Waals surface area (Å²) in [5.74, 6) is -1.92. The molecule has 8 nitrogen and oxygen atoms in total. The summed E-state index contributed by atoms with van der Waals surface area (Å²) in [6.07, 6.45) is 6.28. The molecule has 3 rings (SSSR count). The number of amides is 1. The van der Waals surface area contributed by atoms with Crippen LogP contribution in [0, 0.1) is 13.8 Å². The fourth-order valence-electron chi connectivity index (χ4n) is 5.14. The molecule has 0 unspecified atom stereocenters. The van der Waals surface area contributed by atoms with Crippen molar-refractivity contribution in [2.75, 3.05) is 26.4 Å². The summed E-state index contributed by atoms with van der Waals surface area (Å²) < 4.78 is 22.3. The van der Waals surface area contributed by atoms with Gasteiger partial charge >= 0.3 is 11.9 Å². The minimum atomic E-state index is -1.45. The number of allylic oxidation sites excluding steroid dienone is 1. The van der Waals surface area contributed by atoms with Crippen LogP contribution in [0.25, 0.3) is 16.8 Å². The van der Waals surface area contributed by atoms with Crippen molar-refractivity contribution in [1.29, 1.82) is 0 Å². The number of aryl methyl sites for hydroxylation is 3. The van der Waals surface area contributed by atoms with Crippen molar-refractivity contribution in [3.63, 3.8) is 0 Å². The van der Waals surface area contributed by atoms with Crippen molar-refractivity contribution < 1.29 is 33.3 Å². The minimum absolute atomic E-state index is 0.163. The number of carbonyl (C=O) groups excluding carboxylic acids is 3. The maximum absolute atomic E-state index is 13.5. The Labute approximate surface area is 286 Å². The first-order valence-electron chi connectivity index (χ1n) is 17.1. The molecule has 0 bridgehead atoms. The van der Waals surface area contributed by atoms with E-state index in [4.69, 9.17) is 18.9 Å². The molecule has 0 saturated carbocycles. The predicted octanol–water partition coefficient (Wildman–Crippen LogP) is 7.45. The second-order valence-electron chi connectivity index (χ2n) is 13.0. The monoisotopic (exact) mass is 659 g/mol. The van der Waals surface area contributed by atoms with Gasteiger partial charge in [0.1, 0.15) is 12.2 Å². The topological polar surface area (TPSA) is 100 Å². The summed E-state index contributed by atoms with van der Waals surface area (Å²) in [5.41, 5.74) is 4.04. The van der Waals surface area contributed by atoms with Crippen LogP contribution in [0.5, 0.6) is 0 Å². The fraction of sp³-hybridized carbons (Fsp3) is 0.475. The Bertz CT molecular complexity index is 1510. The third kappa shape index (κ3) is 13.6. The smallest absolute Gasteiger partial charge is 0.339 e. The second-order valence-corrected chi connectivity index (χ2v) is 13.0. The van der Waals surface area contributed by atoms with Gasteiger partial charge in [-0.3, -0.25) is 4.79 Å². The Morgan fingerprint density at radius 3 is 2.33 bits per heavy atom. The third-order valence-electron chi connectivity index (χ3n) is 7.77. The van der Waals surface area contributed by atoms with E-state index in [1.165, 1.54) is 27.5 Å². The van der Waals surface area contributed by atoms with E-state index < -0.39 is 42.3 Å². The molecule has 0 aliphatic carbocycles. The lowest BCUT2D eigenvalue weighted by atomic mass is 10.0. The molecule has 0 saturated heterocycles. The maximum Gasteiger partial charge on any atom is 0.339 e. The molecule has 0 aromatic heterocycles. The van der Waals surface area contributed by atoms with Crippen LogP contribution in [0.3, 0.4) is 0 Å². The van der Waals surface area contributed by atoms with Gasteiger partial charge in [-0.2, -0.15) is 0 Å². The molecule has 1 N–H and O–H groups in total. The highest BCUT2D eigenvalue weighted by Gasteiger charge is 2.39. The largest absolute Gasteiger partial charge is 0.464 e. The van der Waals surface area contributed by atoms with Crippen LogP contribution in [0.15, 0.2) is 66.7 Å². The number of hydrogen-bond acceptors (Lipinski definition) is 7. The summed E-state index contributed by atoms with van der Waals surface area (Å²) in [7, 11) is 0. The van der Waals surface area contributed by atoms with Crippen LogP contribution < -0.4 is 5.32 Å². The number of benzene rings is 3. The molecular weight excluding hydrogens is 606 g/mol. The normalized spacial score (nSPS) is 13.0. The van der Waals surface area contributed by atoms with Gasteiger partial charge < -0.3 is 24.3 Å². The number of carbonyl (C=O) groups is 3. The number of esters is 2. The molecule has 0 spiro atoms. The number of nitrogens with one attached hydrogen (secondary N) is 1. The molecule has 3 aromatic carbocycles. The number of hydrogen-bond donors (Lipinski definition) is 1. The van der Waals surface area contributed by atoms with Gasteiger partial charge in [-0.1, -0.05) is 79.2 Å². The molecule has 1 amide bonds. The van der Waals surface area contributed by atoms with Crippen LogP contribution in [0.4, 0.5) is 0 Å². The number of fused-ring (bicyclic) bond motifs is 1. The van der Waals surface area contributed by atoms with Crippen molar-refractivity contribution in [1.82, 2.24) is 5.32 Å². The average Bonchev–Trinajstić information content (AvgIpc) is 3.04. The minimum Gasteiger partial charge on any atom is -0.464 e. The Balaban J connectivity index is 1.59. The predicted molar refractivity (Wildman–Crippen MR) is 191 cm³/mol. The molecule has 48 heavy (non-hydrogen) atoms. The van der Waals surface area contributed by atoms with E-state index >= 15 is 0 Å². The van der Waals surface area contributed by atoms with Crippen molar-refractivity contribution in [3.05, 3.63) is 89.0 Å². The molecule has 0 heterocycles. The molecule has 0 fully saturated rings. The summed E-state index contributed by atoms with van der Waals surface area (Å²) >= 11 is 0. The van der Waals surface area contributed by atoms with Crippen LogP contribution in [-0.2, 0) is 39.8 Å². The molecule has 0 aliphatic rings. The molecule has 3 aromatic rings. The summed E-state index contributed by atoms with van der Waals surface area (Å²) in [4.78, 5) is 38.9. The first kappa shape index (κ1) is 38.4. The van der Waals surface area contributed by atoms with Crippen molar-refractivity contribution in [2.24, 2.45) is 0 Å². The van der Waals surface area contributed by atoms with Crippen molar-refractivity contribution in [2.45, 2.75) is 97.9 Å². The van der Waals surface area contributed by atoms with Crippen LogP contribution in [0.2, 0.25) is 0 Å². The Kier molecular flexibility index (Phi) is 15.8. The lowest BCUT2D eigenvalue weighted by molar-refractivity contribution is -0.185. The Hall–Kier alpha value is -4.01. The summed E-state index contributed by atoms with van der Waals surface area (Å²) in [6.45, 7) is 11.3. The van der Waals surface area contributed by atoms with E-state index in [1.807, 2.05) is 12.1 Å². The first-order valence-corrected chi connectivity index (χ1v) is 17.1. The van der Waals surface area contributed by atoms with Gasteiger partial charge in [0.2, 0.25) is 0 Å². The summed E-state index contributed by atoms with van der Waals surface area (Å²) in [5, 5.41) is 5.38. The standard InChI is InChI=1S/C40H53NO7/c1-7-45-35(42)28-47-37(39(44)48-40(4,5)6)36(46-25-15-9-11-16-31-21-20-29(2)30(3)26-31)38(43)41-24-14-8-10-17-32-22-23-33-18-12-13-19-34(33)27-32/h11-13,16,18-23,26-27,36-37H,7-10,14-15,17,24-25,28H2,1-6H3,(H,41,43)/t36-,37-/m1/s1. The van der Waals surface area contributed by atoms with Gasteiger partial charge in [0.15, 0.2) is 12.2 Å². The molecule has 0 radical (unpaired) electrons. The molecular formula is C40H53NO7. The van der Waals surface area contributed by atoms with Crippen LogP contribution >= 0.6 is 0 Å². The van der Waals surface area contributed by atoms with E-state index in [2.05, 4.69) is 79.8 Å².